The van der Waals surface area contributed by atoms with Gasteiger partial charge in [0.2, 0.25) is 0 Å². The number of hydrogen-bond acceptors (Lipinski definition) is 1. The van der Waals surface area contributed by atoms with E-state index in [1.165, 1.54) is 50.3 Å². The predicted molar refractivity (Wildman–Crippen MR) is 208 cm³/mol. The van der Waals surface area contributed by atoms with Gasteiger partial charge in [-0.15, -0.1) is 0 Å². The van der Waals surface area contributed by atoms with Gasteiger partial charge in [0.15, 0.2) is 0 Å². The van der Waals surface area contributed by atoms with Gasteiger partial charge in [-0.3, -0.25) is 0 Å². The van der Waals surface area contributed by atoms with E-state index in [-0.39, 0.29) is 5.41 Å². The zero-order chi connectivity index (χ0) is 33.1. The Labute approximate surface area is 295 Å². The van der Waals surface area contributed by atoms with Crippen molar-refractivity contribution in [2.24, 2.45) is 11.8 Å². The van der Waals surface area contributed by atoms with Gasteiger partial charge < -0.3 is 4.90 Å². The first kappa shape index (κ1) is 29.3. The fraction of sp³-hybridized carbons (Fsp3) is 0.143. The van der Waals surface area contributed by atoms with Gasteiger partial charge in [-0.1, -0.05) is 158 Å². The minimum atomic E-state index is -0.146. The first-order chi connectivity index (χ1) is 24.8. The van der Waals surface area contributed by atoms with E-state index in [1.54, 1.807) is 0 Å². The minimum absolute atomic E-state index is 0.146. The monoisotopic (exact) mass is 641 g/mol. The largest absolute Gasteiger partial charge is 0.310 e. The summed E-state index contributed by atoms with van der Waals surface area (Å²) < 4.78 is 0. The first-order valence-electron chi connectivity index (χ1n) is 18.1. The third-order valence-electron chi connectivity index (χ3n) is 12.0. The van der Waals surface area contributed by atoms with Crippen LogP contribution in [0.3, 0.4) is 0 Å². The highest BCUT2D eigenvalue weighted by molar-refractivity contribution is 5.80. The summed E-state index contributed by atoms with van der Waals surface area (Å²) in [7, 11) is 0. The second-order valence-electron chi connectivity index (χ2n) is 14.4. The average molecular weight is 642 g/mol. The van der Waals surface area contributed by atoms with Gasteiger partial charge >= 0.3 is 0 Å². The smallest absolute Gasteiger partial charge is 0.0464 e. The van der Waals surface area contributed by atoms with E-state index in [4.69, 9.17) is 0 Å². The molecule has 1 nitrogen and oxygen atoms in total. The lowest BCUT2D eigenvalue weighted by molar-refractivity contribution is 0.312. The standard InChI is InChI=1S/C49H39N/c1-3-13-34(14-4-1)36-23-27-38(28-24-36)50(39-29-25-37(26-30-39)35-15-5-2-6-16-35)40-31-32-44-43-19-9-12-22-47(43)49(48(44)33-40)45-20-10-7-17-41(45)42-18-8-11-21-46(42)49/h1-15,17-33,35,41,43,45,47H,16H2. The number of rotatable bonds is 5. The van der Waals surface area contributed by atoms with Crippen LogP contribution in [0.25, 0.3) is 11.1 Å². The molecule has 5 aliphatic rings. The maximum absolute atomic E-state index is 2.55. The van der Waals surface area contributed by atoms with E-state index >= 15 is 0 Å². The number of benzene rings is 5. The van der Waals surface area contributed by atoms with Crippen molar-refractivity contribution in [1.82, 2.24) is 0 Å². The van der Waals surface area contributed by atoms with Crippen LogP contribution in [0.4, 0.5) is 17.1 Å². The maximum Gasteiger partial charge on any atom is 0.0464 e. The number of nitrogens with zero attached hydrogens (tertiary/aromatic N) is 1. The summed E-state index contributed by atoms with van der Waals surface area (Å²) in [6.07, 6.45) is 28.9. The Balaban J connectivity index is 1.15. The summed E-state index contributed by atoms with van der Waals surface area (Å²) in [6.45, 7) is 0. The Bertz CT molecular complexity index is 2250. The number of hydrogen-bond donors (Lipinski definition) is 0. The fourth-order valence-corrected chi connectivity index (χ4v) is 9.84. The topological polar surface area (TPSA) is 3.24 Å². The molecule has 0 fully saturated rings. The SMILES string of the molecule is C1=CCC(c2ccc(N(c3ccc(-c4ccccc4)cc3)c3ccc4c(c3)C3(c5ccccc5C5C=CC=CC53)C3C=CC=CC43)cc2)C=C1. The highest BCUT2D eigenvalue weighted by Crippen LogP contribution is 2.67. The molecule has 50 heavy (non-hydrogen) atoms. The minimum Gasteiger partial charge on any atom is -0.310 e. The van der Waals surface area contributed by atoms with E-state index in [0.717, 1.165) is 12.1 Å². The predicted octanol–water partition coefficient (Wildman–Crippen LogP) is 12.4. The summed E-state index contributed by atoms with van der Waals surface area (Å²) in [5.41, 5.74) is 13.1. The molecule has 6 atom stereocenters. The molecule has 0 radical (unpaired) electrons. The van der Waals surface area contributed by atoms with Crippen LogP contribution in [0.15, 0.2) is 194 Å². The fourth-order valence-electron chi connectivity index (χ4n) is 9.84. The van der Waals surface area contributed by atoms with Gasteiger partial charge in [0.25, 0.3) is 0 Å². The molecule has 1 heteroatoms. The molecule has 0 amide bonds. The molecule has 5 aliphatic carbocycles. The number of anilines is 3. The van der Waals surface area contributed by atoms with Crippen LogP contribution in [0, 0.1) is 11.8 Å². The molecular weight excluding hydrogens is 603 g/mol. The van der Waals surface area contributed by atoms with E-state index in [1.807, 2.05) is 0 Å². The summed E-state index contributed by atoms with van der Waals surface area (Å²) in [5.74, 6) is 1.88. The van der Waals surface area contributed by atoms with Crippen molar-refractivity contribution in [3.8, 4) is 11.1 Å². The van der Waals surface area contributed by atoms with Gasteiger partial charge in [-0.2, -0.15) is 0 Å². The van der Waals surface area contributed by atoms with Gasteiger partial charge in [0.1, 0.15) is 0 Å². The van der Waals surface area contributed by atoms with Crippen LogP contribution in [-0.4, -0.2) is 0 Å². The van der Waals surface area contributed by atoms with Crippen molar-refractivity contribution in [2.45, 2.75) is 29.6 Å². The molecule has 0 saturated heterocycles. The molecule has 0 saturated carbocycles. The normalized spacial score (nSPS) is 26.1. The van der Waals surface area contributed by atoms with Gasteiger partial charge in [0.05, 0.1) is 0 Å². The van der Waals surface area contributed by atoms with Gasteiger partial charge in [-0.25, -0.2) is 0 Å². The average Bonchev–Trinajstić information content (AvgIpc) is 3.66. The van der Waals surface area contributed by atoms with Crippen LogP contribution in [0.1, 0.15) is 52.0 Å². The summed E-state index contributed by atoms with van der Waals surface area (Å²) in [6, 6.07) is 45.7. The lowest BCUT2D eigenvalue weighted by atomic mass is 9.61. The molecule has 5 aromatic carbocycles. The Morgan fingerprint density at radius 2 is 1.04 bits per heavy atom. The van der Waals surface area contributed by atoms with Gasteiger partial charge in [-0.05, 0) is 81.8 Å². The molecule has 240 valence electrons. The summed E-state index contributed by atoms with van der Waals surface area (Å²) in [4.78, 5) is 2.46. The van der Waals surface area contributed by atoms with Gasteiger partial charge in [0, 0.05) is 52.1 Å². The Morgan fingerprint density at radius 3 is 1.74 bits per heavy atom. The second-order valence-corrected chi connectivity index (χ2v) is 14.4. The molecule has 10 rings (SSSR count). The summed E-state index contributed by atoms with van der Waals surface area (Å²) in [5, 5.41) is 0. The van der Waals surface area contributed by atoms with Crippen LogP contribution in [-0.2, 0) is 5.41 Å². The highest BCUT2D eigenvalue weighted by atomic mass is 15.1. The lowest BCUT2D eigenvalue weighted by Crippen LogP contribution is -2.38. The van der Waals surface area contributed by atoms with E-state index < -0.39 is 0 Å². The van der Waals surface area contributed by atoms with Crippen LogP contribution in [0.5, 0.6) is 0 Å². The zero-order valence-electron chi connectivity index (χ0n) is 28.0. The molecule has 5 aromatic rings. The quantitative estimate of drug-likeness (QED) is 0.185. The number of allylic oxidation sites excluding steroid dienone is 12. The Kier molecular flexibility index (Phi) is 6.88. The highest BCUT2D eigenvalue weighted by Gasteiger charge is 2.61. The molecule has 0 heterocycles. The molecule has 0 aliphatic heterocycles. The molecule has 0 N–H and O–H groups in total. The zero-order valence-corrected chi connectivity index (χ0v) is 28.0. The van der Waals surface area contributed by atoms with Crippen molar-refractivity contribution >= 4 is 17.1 Å². The Morgan fingerprint density at radius 1 is 0.460 bits per heavy atom. The van der Waals surface area contributed by atoms with E-state index in [2.05, 4.69) is 199 Å². The number of fused-ring (bicyclic) bond motifs is 10. The van der Waals surface area contributed by atoms with Crippen molar-refractivity contribution in [3.63, 3.8) is 0 Å². The van der Waals surface area contributed by atoms with Crippen LogP contribution < -0.4 is 4.90 Å². The molecule has 1 spiro atoms. The Hall–Kier alpha value is -5.66. The van der Waals surface area contributed by atoms with Crippen molar-refractivity contribution in [3.05, 3.63) is 222 Å². The van der Waals surface area contributed by atoms with Crippen LogP contribution >= 0.6 is 0 Å². The van der Waals surface area contributed by atoms with E-state index in [9.17, 15) is 0 Å². The van der Waals surface area contributed by atoms with E-state index in [0.29, 0.717) is 29.6 Å². The van der Waals surface area contributed by atoms with Crippen molar-refractivity contribution < 1.29 is 0 Å². The van der Waals surface area contributed by atoms with Crippen molar-refractivity contribution in [2.75, 3.05) is 4.90 Å². The molecule has 0 bridgehead atoms. The van der Waals surface area contributed by atoms with Crippen LogP contribution in [0.2, 0.25) is 0 Å². The molecule has 6 unspecified atom stereocenters. The molecule has 0 aromatic heterocycles. The lowest BCUT2D eigenvalue weighted by Gasteiger charge is -2.41. The third-order valence-corrected chi connectivity index (χ3v) is 12.0. The third kappa shape index (κ3) is 4.39. The van der Waals surface area contributed by atoms with Crippen molar-refractivity contribution in [1.29, 1.82) is 0 Å². The molecular formula is C49H39N. The summed E-state index contributed by atoms with van der Waals surface area (Å²) >= 11 is 0. The maximum atomic E-state index is 2.55. The second kappa shape index (κ2) is 11.7. The first-order valence-corrected chi connectivity index (χ1v) is 18.1.